The fraction of sp³-hybridized carbons (Fsp3) is 0.481. The summed E-state index contributed by atoms with van der Waals surface area (Å²) in [7, 11) is 0. The Kier molecular flexibility index (Phi) is 10.4. The second kappa shape index (κ2) is 13.6. The molecule has 2 atom stereocenters. The minimum absolute atomic E-state index is 0.0919. The van der Waals surface area contributed by atoms with Crippen LogP contribution in [0.25, 0.3) is 0 Å². The van der Waals surface area contributed by atoms with Crippen molar-refractivity contribution in [2.75, 3.05) is 55.2 Å². The monoisotopic (exact) mass is 619 g/mol. The van der Waals surface area contributed by atoms with E-state index in [1.54, 1.807) is 11.0 Å². The summed E-state index contributed by atoms with van der Waals surface area (Å²) < 4.78 is 67.9. The Balaban J connectivity index is 1.43. The molecule has 0 aliphatic carbocycles. The number of alkyl halides is 3. The highest BCUT2D eigenvalue weighted by molar-refractivity contribution is 8.00. The third-order valence-corrected chi connectivity index (χ3v) is 8.53. The molecule has 0 aromatic heterocycles. The number of anilines is 2. The van der Waals surface area contributed by atoms with Crippen LogP contribution in [0.3, 0.4) is 0 Å². The number of nitrogens with zero attached hydrogens (tertiary/aromatic N) is 2. The van der Waals surface area contributed by atoms with Crippen LogP contribution in [0.5, 0.6) is 0 Å². The van der Waals surface area contributed by atoms with Crippen molar-refractivity contribution >= 4 is 46.6 Å². The summed E-state index contributed by atoms with van der Waals surface area (Å²) in [6.07, 6.45) is -5.14. The van der Waals surface area contributed by atoms with Gasteiger partial charge in [-0.05, 0) is 31.2 Å². The van der Waals surface area contributed by atoms with Crippen molar-refractivity contribution < 1.29 is 31.5 Å². The van der Waals surface area contributed by atoms with Gasteiger partial charge in [0.25, 0.3) is 5.91 Å². The van der Waals surface area contributed by atoms with Gasteiger partial charge in [-0.25, -0.2) is 8.78 Å². The first-order valence-corrected chi connectivity index (χ1v) is 14.6. The smallest absolute Gasteiger partial charge is 0.367 e. The molecule has 0 saturated carbocycles. The lowest BCUT2D eigenvalue weighted by atomic mass is 10.1. The molecular weight excluding hydrogens is 589 g/mol. The molecule has 2 saturated heterocycles. The predicted octanol–water partition coefficient (Wildman–Crippen LogP) is 4.65. The zero-order chi connectivity index (χ0) is 29.7. The van der Waals surface area contributed by atoms with Crippen LogP contribution in [-0.4, -0.2) is 79.2 Å². The van der Waals surface area contributed by atoms with Crippen LogP contribution in [0.15, 0.2) is 30.3 Å². The van der Waals surface area contributed by atoms with Crippen LogP contribution in [0, 0.1) is 11.6 Å². The molecule has 224 valence electrons. The molecule has 2 aromatic rings. The van der Waals surface area contributed by atoms with Crippen molar-refractivity contribution in [1.82, 2.24) is 15.5 Å². The first kappa shape index (κ1) is 31.3. The number of halogens is 6. The van der Waals surface area contributed by atoms with Gasteiger partial charge >= 0.3 is 6.18 Å². The summed E-state index contributed by atoms with van der Waals surface area (Å²) in [6.45, 7) is 3.89. The number of hydrogen-bond donors (Lipinski definition) is 3. The Bertz CT molecular complexity index is 1260. The normalized spacial score (nSPS) is 20.1. The molecule has 4 rings (SSSR count). The largest absolute Gasteiger partial charge is 0.390 e. The van der Waals surface area contributed by atoms with E-state index in [-0.39, 0.29) is 35.9 Å². The van der Waals surface area contributed by atoms with E-state index in [1.165, 1.54) is 30.0 Å². The number of piperazine rings is 1. The highest BCUT2D eigenvalue weighted by Crippen LogP contribution is 2.32. The fourth-order valence-electron chi connectivity index (χ4n) is 4.81. The van der Waals surface area contributed by atoms with E-state index in [0.717, 1.165) is 18.4 Å². The van der Waals surface area contributed by atoms with Crippen LogP contribution >= 0.6 is 23.4 Å². The average molecular weight is 620 g/mol. The quantitative estimate of drug-likeness (QED) is 0.374. The van der Waals surface area contributed by atoms with Crippen molar-refractivity contribution in [3.8, 4) is 0 Å². The Morgan fingerprint density at radius 1 is 1.15 bits per heavy atom. The number of rotatable bonds is 8. The molecule has 2 heterocycles. The maximum Gasteiger partial charge on any atom is 0.390 e. The summed E-state index contributed by atoms with van der Waals surface area (Å²) >= 11 is 7.69. The molecule has 0 spiro atoms. The Hall–Kier alpha value is -2.61. The summed E-state index contributed by atoms with van der Waals surface area (Å²) in [5.41, 5.74) is 0.204. The van der Waals surface area contributed by atoms with Gasteiger partial charge in [-0.15, -0.1) is 11.8 Å². The maximum absolute atomic E-state index is 15.0. The van der Waals surface area contributed by atoms with Gasteiger partial charge in [-0.2, -0.15) is 13.2 Å². The topological polar surface area (TPSA) is 76.7 Å². The molecular formula is C27H31ClF5N5O2S. The first-order valence-electron chi connectivity index (χ1n) is 13.2. The number of thioether (sulfide) groups is 1. The maximum atomic E-state index is 15.0. The van der Waals surface area contributed by atoms with Gasteiger partial charge < -0.3 is 20.9 Å². The number of carbonyl (C=O) groups is 2. The molecule has 2 aliphatic heterocycles. The van der Waals surface area contributed by atoms with Crippen LogP contribution in [0.2, 0.25) is 5.02 Å². The van der Waals surface area contributed by atoms with Crippen LogP contribution in [0.4, 0.5) is 33.3 Å². The molecule has 2 aromatic carbocycles. The third kappa shape index (κ3) is 8.24. The van der Waals surface area contributed by atoms with Crippen molar-refractivity contribution in [3.05, 3.63) is 58.1 Å². The zero-order valence-electron chi connectivity index (χ0n) is 22.3. The fourth-order valence-corrected chi connectivity index (χ4v) is 5.99. The molecule has 2 aliphatic rings. The summed E-state index contributed by atoms with van der Waals surface area (Å²) in [6, 6.07) is 6.88. The van der Waals surface area contributed by atoms with Crippen LogP contribution in [0.1, 0.15) is 29.3 Å². The Morgan fingerprint density at radius 3 is 2.61 bits per heavy atom. The van der Waals surface area contributed by atoms with E-state index in [2.05, 4.69) is 16.0 Å². The molecule has 7 nitrogen and oxygen atoms in total. The van der Waals surface area contributed by atoms with Gasteiger partial charge in [-0.1, -0.05) is 17.7 Å². The van der Waals surface area contributed by atoms with Crippen LogP contribution < -0.4 is 20.9 Å². The number of amides is 2. The van der Waals surface area contributed by atoms with E-state index in [0.29, 0.717) is 42.6 Å². The van der Waals surface area contributed by atoms with Gasteiger partial charge in [-0.3, -0.25) is 14.5 Å². The average Bonchev–Trinajstić information content (AvgIpc) is 2.93. The highest BCUT2D eigenvalue weighted by atomic mass is 35.5. The summed E-state index contributed by atoms with van der Waals surface area (Å²) in [5.74, 6) is -2.97. The molecule has 0 bridgehead atoms. The number of benzene rings is 2. The molecule has 0 unspecified atom stereocenters. The first-order chi connectivity index (χ1) is 19.4. The third-order valence-electron chi connectivity index (χ3n) is 7.08. The minimum atomic E-state index is -4.24. The summed E-state index contributed by atoms with van der Waals surface area (Å²) in [4.78, 5) is 29.0. The lowest BCUT2D eigenvalue weighted by Crippen LogP contribution is -2.52. The molecule has 2 fully saturated rings. The van der Waals surface area contributed by atoms with E-state index in [1.807, 2.05) is 11.8 Å². The van der Waals surface area contributed by atoms with Gasteiger partial charge in [0, 0.05) is 68.2 Å². The molecule has 41 heavy (non-hydrogen) atoms. The molecule has 14 heteroatoms. The lowest BCUT2D eigenvalue weighted by molar-refractivity contribution is -0.139. The molecule has 2 amide bonds. The SMILES string of the molecule is C[C@H]1CN(c2cc(Cl)ccc2NC(=O)c2ccc(CNC(=O)[C@@H]3CNCCS3)c(F)c2F)CCN1CCC(F)(F)F. The predicted molar refractivity (Wildman–Crippen MR) is 151 cm³/mol. The molecule has 3 N–H and O–H groups in total. The lowest BCUT2D eigenvalue weighted by Gasteiger charge is -2.41. The standard InChI is InChI=1S/C27H31ClF5N5O2S/c1-16-15-38(10-9-37(16)8-6-27(31,32)33)21-12-18(28)3-5-20(21)36-25(39)19-4-2-17(23(29)24(19)30)13-35-26(40)22-14-34-7-11-41-22/h2-5,12,16,22,34H,6-11,13-15H2,1H3,(H,35,40)(H,36,39)/t16-,22-/m0/s1. The van der Waals surface area contributed by atoms with Gasteiger partial charge in [0.15, 0.2) is 11.6 Å². The zero-order valence-corrected chi connectivity index (χ0v) is 23.9. The van der Waals surface area contributed by atoms with Crippen LogP contribution in [-0.2, 0) is 11.3 Å². The van der Waals surface area contributed by atoms with Gasteiger partial charge in [0.2, 0.25) is 5.91 Å². The number of carbonyl (C=O) groups excluding carboxylic acids is 2. The van der Waals surface area contributed by atoms with Crippen molar-refractivity contribution in [3.63, 3.8) is 0 Å². The molecule has 0 radical (unpaired) electrons. The highest BCUT2D eigenvalue weighted by Gasteiger charge is 2.32. The van der Waals surface area contributed by atoms with E-state index in [4.69, 9.17) is 11.6 Å². The summed E-state index contributed by atoms with van der Waals surface area (Å²) in [5, 5.41) is 8.39. The van der Waals surface area contributed by atoms with E-state index < -0.39 is 35.7 Å². The van der Waals surface area contributed by atoms with Crippen molar-refractivity contribution in [2.24, 2.45) is 0 Å². The van der Waals surface area contributed by atoms with E-state index >= 15 is 0 Å². The minimum Gasteiger partial charge on any atom is -0.367 e. The van der Waals surface area contributed by atoms with Gasteiger partial charge in [0.05, 0.1) is 28.6 Å². The number of nitrogens with one attached hydrogen (secondary N) is 3. The number of hydrogen-bond acceptors (Lipinski definition) is 6. The second-order valence-corrected chi connectivity index (χ2v) is 11.7. The van der Waals surface area contributed by atoms with Crippen molar-refractivity contribution in [2.45, 2.75) is 37.4 Å². The van der Waals surface area contributed by atoms with Crippen molar-refractivity contribution in [1.29, 1.82) is 0 Å². The Morgan fingerprint density at radius 2 is 1.93 bits per heavy atom. The van der Waals surface area contributed by atoms with Gasteiger partial charge in [0.1, 0.15) is 0 Å². The second-order valence-electron chi connectivity index (χ2n) is 9.99. The van der Waals surface area contributed by atoms with E-state index in [9.17, 15) is 31.5 Å². The Labute approximate surface area is 244 Å².